The predicted molar refractivity (Wildman–Crippen MR) is 68.7 cm³/mol. The van der Waals surface area contributed by atoms with Gasteiger partial charge in [-0.05, 0) is 37.0 Å². The van der Waals surface area contributed by atoms with Gasteiger partial charge in [0.2, 0.25) is 0 Å². The SMILES string of the molecule is NCC(NC(=O)c1cccc(F)c1)C1CCCC1. The monoisotopic (exact) mass is 250 g/mol. The molecule has 1 fully saturated rings. The molecule has 0 saturated heterocycles. The highest BCUT2D eigenvalue weighted by Gasteiger charge is 2.25. The van der Waals surface area contributed by atoms with Crippen LogP contribution in [0, 0.1) is 11.7 Å². The smallest absolute Gasteiger partial charge is 0.251 e. The molecule has 0 spiro atoms. The number of nitrogens with two attached hydrogens (primary N) is 1. The van der Waals surface area contributed by atoms with Crippen LogP contribution >= 0.6 is 0 Å². The van der Waals surface area contributed by atoms with E-state index in [2.05, 4.69) is 5.32 Å². The van der Waals surface area contributed by atoms with Crippen molar-refractivity contribution >= 4 is 5.91 Å². The highest BCUT2D eigenvalue weighted by atomic mass is 19.1. The second-order valence-corrected chi connectivity index (χ2v) is 4.87. The van der Waals surface area contributed by atoms with Gasteiger partial charge in [-0.3, -0.25) is 4.79 Å². The van der Waals surface area contributed by atoms with E-state index in [4.69, 9.17) is 5.73 Å². The molecule has 4 heteroatoms. The molecule has 0 aromatic heterocycles. The van der Waals surface area contributed by atoms with Crippen molar-refractivity contribution in [3.05, 3.63) is 35.6 Å². The lowest BCUT2D eigenvalue weighted by Crippen LogP contribution is -2.44. The third kappa shape index (κ3) is 3.07. The Morgan fingerprint density at radius 2 is 2.17 bits per heavy atom. The second kappa shape index (κ2) is 5.96. The summed E-state index contributed by atoms with van der Waals surface area (Å²) in [4.78, 5) is 12.0. The number of carbonyl (C=O) groups excluding carboxylic acids is 1. The van der Waals surface area contributed by atoms with Gasteiger partial charge in [0.1, 0.15) is 5.82 Å². The fourth-order valence-corrected chi connectivity index (χ4v) is 2.61. The summed E-state index contributed by atoms with van der Waals surface area (Å²) in [7, 11) is 0. The number of hydrogen-bond donors (Lipinski definition) is 2. The summed E-state index contributed by atoms with van der Waals surface area (Å²) < 4.78 is 13.0. The first kappa shape index (κ1) is 13.0. The largest absolute Gasteiger partial charge is 0.348 e. The number of rotatable bonds is 4. The predicted octanol–water partition coefficient (Wildman–Crippen LogP) is 2.07. The summed E-state index contributed by atoms with van der Waals surface area (Å²) >= 11 is 0. The molecule has 1 amide bonds. The minimum absolute atomic E-state index is 0.00303. The Labute approximate surface area is 107 Å². The van der Waals surface area contributed by atoms with Crippen LogP contribution in [0.1, 0.15) is 36.0 Å². The van der Waals surface area contributed by atoms with E-state index in [9.17, 15) is 9.18 Å². The van der Waals surface area contributed by atoms with Crippen molar-refractivity contribution in [2.24, 2.45) is 11.7 Å². The Hall–Kier alpha value is -1.42. The summed E-state index contributed by atoms with van der Waals surface area (Å²) in [6.07, 6.45) is 4.64. The summed E-state index contributed by atoms with van der Waals surface area (Å²) in [6, 6.07) is 5.73. The summed E-state index contributed by atoms with van der Waals surface area (Å²) in [5.41, 5.74) is 6.07. The van der Waals surface area contributed by atoms with Crippen LogP contribution in [0.3, 0.4) is 0 Å². The Morgan fingerprint density at radius 3 is 2.78 bits per heavy atom. The molecule has 1 aliphatic rings. The van der Waals surface area contributed by atoms with Crippen LogP contribution in [0.5, 0.6) is 0 Å². The standard InChI is InChI=1S/C14H19FN2O/c15-12-7-3-6-11(8-12)14(18)17-13(9-16)10-4-1-2-5-10/h3,6-8,10,13H,1-2,4-5,9,16H2,(H,17,18). The van der Waals surface area contributed by atoms with E-state index in [0.717, 1.165) is 12.8 Å². The molecule has 1 atom stereocenters. The molecule has 0 bridgehead atoms. The lowest BCUT2D eigenvalue weighted by atomic mass is 9.98. The fourth-order valence-electron chi connectivity index (χ4n) is 2.61. The van der Waals surface area contributed by atoms with Crippen LogP contribution in [0.25, 0.3) is 0 Å². The van der Waals surface area contributed by atoms with Crippen LogP contribution in [-0.4, -0.2) is 18.5 Å². The van der Waals surface area contributed by atoms with Crippen molar-refractivity contribution < 1.29 is 9.18 Å². The maximum Gasteiger partial charge on any atom is 0.251 e. The molecule has 1 aromatic carbocycles. The normalized spacial score (nSPS) is 17.7. The lowest BCUT2D eigenvalue weighted by molar-refractivity contribution is 0.0923. The quantitative estimate of drug-likeness (QED) is 0.859. The van der Waals surface area contributed by atoms with Crippen LogP contribution < -0.4 is 11.1 Å². The second-order valence-electron chi connectivity index (χ2n) is 4.87. The molecule has 2 rings (SSSR count). The van der Waals surface area contributed by atoms with Gasteiger partial charge >= 0.3 is 0 Å². The number of carbonyl (C=O) groups is 1. The number of amides is 1. The molecule has 1 saturated carbocycles. The molecule has 0 radical (unpaired) electrons. The van der Waals surface area contributed by atoms with Crippen molar-refractivity contribution in [3.8, 4) is 0 Å². The number of benzene rings is 1. The molecule has 3 N–H and O–H groups in total. The molecule has 1 unspecified atom stereocenters. The summed E-state index contributed by atoms with van der Waals surface area (Å²) in [5.74, 6) is -0.169. The Kier molecular flexibility index (Phi) is 4.31. The van der Waals surface area contributed by atoms with Crippen molar-refractivity contribution in [2.75, 3.05) is 6.54 Å². The zero-order valence-corrected chi connectivity index (χ0v) is 10.4. The minimum atomic E-state index is -0.396. The maximum atomic E-state index is 13.0. The maximum absolute atomic E-state index is 13.0. The van der Waals surface area contributed by atoms with E-state index in [1.807, 2.05) is 0 Å². The lowest BCUT2D eigenvalue weighted by Gasteiger charge is -2.23. The Morgan fingerprint density at radius 1 is 1.44 bits per heavy atom. The molecule has 3 nitrogen and oxygen atoms in total. The van der Waals surface area contributed by atoms with Gasteiger partial charge in [-0.15, -0.1) is 0 Å². The van der Waals surface area contributed by atoms with E-state index in [1.54, 1.807) is 6.07 Å². The minimum Gasteiger partial charge on any atom is -0.348 e. The average Bonchev–Trinajstić information content (AvgIpc) is 2.89. The van der Waals surface area contributed by atoms with Crippen LogP contribution in [0.15, 0.2) is 24.3 Å². The zero-order chi connectivity index (χ0) is 13.0. The first-order valence-electron chi connectivity index (χ1n) is 6.47. The number of hydrogen-bond acceptors (Lipinski definition) is 2. The third-order valence-corrected chi connectivity index (χ3v) is 3.63. The van der Waals surface area contributed by atoms with E-state index in [-0.39, 0.29) is 11.9 Å². The molecular weight excluding hydrogens is 231 g/mol. The third-order valence-electron chi connectivity index (χ3n) is 3.63. The highest BCUT2D eigenvalue weighted by Crippen LogP contribution is 2.27. The highest BCUT2D eigenvalue weighted by molar-refractivity contribution is 5.94. The Bertz CT molecular complexity index is 416. The van der Waals surface area contributed by atoms with Gasteiger partial charge in [-0.1, -0.05) is 18.9 Å². The van der Waals surface area contributed by atoms with Crippen LogP contribution in [0.2, 0.25) is 0 Å². The van der Waals surface area contributed by atoms with E-state index in [0.29, 0.717) is 18.0 Å². The molecule has 1 aromatic rings. The van der Waals surface area contributed by atoms with Crippen molar-refractivity contribution in [1.82, 2.24) is 5.32 Å². The first-order valence-corrected chi connectivity index (χ1v) is 6.47. The van der Waals surface area contributed by atoms with E-state index < -0.39 is 5.82 Å². The van der Waals surface area contributed by atoms with Gasteiger partial charge in [0.05, 0.1) is 0 Å². The van der Waals surface area contributed by atoms with E-state index >= 15 is 0 Å². The molecule has 0 aliphatic heterocycles. The summed E-state index contributed by atoms with van der Waals surface area (Å²) in [6.45, 7) is 0.436. The first-order chi connectivity index (χ1) is 8.70. The van der Waals surface area contributed by atoms with Gasteiger partial charge in [-0.25, -0.2) is 4.39 Å². The zero-order valence-electron chi connectivity index (χ0n) is 10.4. The van der Waals surface area contributed by atoms with Crippen molar-refractivity contribution in [2.45, 2.75) is 31.7 Å². The van der Waals surface area contributed by atoms with Crippen molar-refractivity contribution in [3.63, 3.8) is 0 Å². The Balaban J connectivity index is 2.00. The van der Waals surface area contributed by atoms with E-state index in [1.165, 1.54) is 31.0 Å². The van der Waals surface area contributed by atoms with Gasteiger partial charge in [0, 0.05) is 18.2 Å². The van der Waals surface area contributed by atoms with Crippen LogP contribution in [-0.2, 0) is 0 Å². The molecule has 98 valence electrons. The van der Waals surface area contributed by atoms with Gasteiger partial charge in [0.25, 0.3) is 5.91 Å². The van der Waals surface area contributed by atoms with Crippen LogP contribution in [0.4, 0.5) is 4.39 Å². The topological polar surface area (TPSA) is 55.1 Å². The molecule has 1 aliphatic carbocycles. The molecule has 0 heterocycles. The molecular formula is C14H19FN2O. The number of halogens is 1. The van der Waals surface area contributed by atoms with Gasteiger partial charge in [-0.2, -0.15) is 0 Å². The summed E-state index contributed by atoms with van der Waals surface area (Å²) in [5, 5.41) is 2.92. The average molecular weight is 250 g/mol. The van der Waals surface area contributed by atoms with Crippen molar-refractivity contribution in [1.29, 1.82) is 0 Å². The number of nitrogens with one attached hydrogen (secondary N) is 1. The molecule has 18 heavy (non-hydrogen) atoms. The fraction of sp³-hybridized carbons (Fsp3) is 0.500. The van der Waals surface area contributed by atoms with Gasteiger partial charge < -0.3 is 11.1 Å². The van der Waals surface area contributed by atoms with Gasteiger partial charge in [0.15, 0.2) is 0 Å².